The van der Waals surface area contributed by atoms with Gasteiger partial charge in [0.05, 0.1) is 11.6 Å². The van der Waals surface area contributed by atoms with Crippen molar-refractivity contribution in [2.24, 2.45) is 5.92 Å². The van der Waals surface area contributed by atoms with Gasteiger partial charge in [0.25, 0.3) is 0 Å². The van der Waals surface area contributed by atoms with Gasteiger partial charge in [0.15, 0.2) is 0 Å². The van der Waals surface area contributed by atoms with Crippen LogP contribution >= 0.6 is 23.4 Å². The molecule has 3 nitrogen and oxygen atoms in total. The minimum Gasteiger partial charge on any atom is -0.381 e. The number of nitrogens with zero attached hydrogens (tertiary/aromatic N) is 1. The average Bonchev–Trinajstić information content (AvgIpc) is 2.90. The van der Waals surface area contributed by atoms with Crippen LogP contribution in [0.1, 0.15) is 13.3 Å². The third-order valence-electron chi connectivity index (χ3n) is 3.12. The molecule has 1 aromatic heterocycles. The van der Waals surface area contributed by atoms with Crippen LogP contribution in [-0.4, -0.2) is 36.5 Å². The molecule has 2 heterocycles. The van der Waals surface area contributed by atoms with Gasteiger partial charge in [-0.2, -0.15) is 0 Å². The van der Waals surface area contributed by atoms with E-state index in [1.54, 1.807) is 18.0 Å². The molecule has 0 aliphatic carbocycles. The van der Waals surface area contributed by atoms with Gasteiger partial charge in [-0.3, -0.25) is 0 Å². The second kappa shape index (κ2) is 7.34. The van der Waals surface area contributed by atoms with E-state index in [1.165, 1.54) is 0 Å². The molecule has 1 aliphatic heterocycles. The van der Waals surface area contributed by atoms with E-state index in [1.807, 2.05) is 12.1 Å². The van der Waals surface area contributed by atoms with Gasteiger partial charge in [0.1, 0.15) is 5.03 Å². The summed E-state index contributed by atoms with van der Waals surface area (Å²) in [5.74, 6) is 1.60. The molecule has 1 saturated heterocycles. The first-order valence-corrected chi connectivity index (χ1v) is 7.72. The molecule has 0 spiro atoms. The maximum absolute atomic E-state index is 6.12. The summed E-state index contributed by atoms with van der Waals surface area (Å²) < 4.78 is 5.47. The SMILES string of the molecule is CCNC(CSc1ncccc1Cl)C1CCOC1. The lowest BCUT2D eigenvalue weighted by atomic mass is 10.0. The van der Waals surface area contributed by atoms with Crippen LogP contribution in [0.25, 0.3) is 0 Å². The topological polar surface area (TPSA) is 34.2 Å². The van der Waals surface area contributed by atoms with Crippen molar-refractivity contribution in [3.05, 3.63) is 23.4 Å². The Morgan fingerprint density at radius 1 is 1.67 bits per heavy atom. The Bertz CT molecular complexity index is 372. The lowest BCUT2D eigenvalue weighted by Crippen LogP contribution is -2.38. The summed E-state index contributed by atoms with van der Waals surface area (Å²) in [6, 6.07) is 4.22. The third kappa shape index (κ3) is 3.85. The minimum absolute atomic E-state index is 0.473. The van der Waals surface area contributed by atoms with Crippen LogP contribution in [0, 0.1) is 5.92 Å². The number of hydrogen-bond donors (Lipinski definition) is 1. The van der Waals surface area contributed by atoms with Crippen LogP contribution in [0.5, 0.6) is 0 Å². The van der Waals surface area contributed by atoms with Crippen LogP contribution in [0.2, 0.25) is 5.02 Å². The summed E-state index contributed by atoms with van der Waals surface area (Å²) in [5, 5.41) is 5.20. The van der Waals surface area contributed by atoms with E-state index in [0.29, 0.717) is 12.0 Å². The van der Waals surface area contributed by atoms with Gasteiger partial charge in [0, 0.05) is 30.5 Å². The smallest absolute Gasteiger partial charge is 0.115 e. The minimum atomic E-state index is 0.473. The highest BCUT2D eigenvalue weighted by atomic mass is 35.5. The second-order valence-corrected chi connectivity index (χ2v) is 5.81. The zero-order chi connectivity index (χ0) is 12.8. The molecule has 1 aromatic rings. The molecule has 0 radical (unpaired) electrons. The molecule has 2 atom stereocenters. The summed E-state index contributed by atoms with van der Waals surface area (Å²) in [6.07, 6.45) is 2.93. The van der Waals surface area contributed by atoms with Gasteiger partial charge in [-0.15, -0.1) is 11.8 Å². The van der Waals surface area contributed by atoms with Crippen molar-refractivity contribution in [1.29, 1.82) is 0 Å². The number of hydrogen-bond acceptors (Lipinski definition) is 4. The highest BCUT2D eigenvalue weighted by Gasteiger charge is 2.25. The van der Waals surface area contributed by atoms with Crippen molar-refractivity contribution >= 4 is 23.4 Å². The van der Waals surface area contributed by atoms with E-state index in [2.05, 4.69) is 17.2 Å². The van der Waals surface area contributed by atoms with Crippen LogP contribution in [-0.2, 0) is 4.74 Å². The summed E-state index contributed by atoms with van der Waals surface area (Å²) >= 11 is 7.84. The van der Waals surface area contributed by atoms with Gasteiger partial charge in [-0.05, 0) is 25.1 Å². The van der Waals surface area contributed by atoms with Gasteiger partial charge in [-0.1, -0.05) is 18.5 Å². The number of ether oxygens (including phenoxy) is 1. The van der Waals surface area contributed by atoms with E-state index in [-0.39, 0.29) is 0 Å². The molecule has 18 heavy (non-hydrogen) atoms. The Kier molecular flexibility index (Phi) is 5.76. The fourth-order valence-electron chi connectivity index (χ4n) is 2.14. The van der Waals surface area contributed by atoms with Gasteiger partial charge in [0.2, 0.25) is 0 Å². The Morgan fingerprint density at radius 2 is 2.56 bits per heavy atom. The Morgan fingerprint density at radius 3 is 3.22 bits per heavy atom. The van der Waals surface area contributed by atoms with Crippen LogP contribution in [0.3, 0.4) is 0 Å². The number of aromatic nitrogens is 1. The standard InChI is InChI=1S/C13H19ClN2OS/c1-2-15-12(10-5-7-17-8-10)9-18-13-11(14)4-3-6-16-13/h3-4,6,10,12,15H,2,5,7-9H2,1H3. The molecule has 100 valence electrons. The molecule has 0 amide bonds. The Labute approximate surface area is 118 Å². The normalized spacial score (nSPS) is 21.1. The molecule has 0 bridgehead atoms. The number of halogens is 1. The van der Waals surface area contributed by atoms with Crippen molar-refractivity contribution in [3.63, 3.8) is 0 Å². The zero-order valence-electron chi connectivity index (χ0n) is 10.6. The fraction of sp³-hybridized carbons (Fsp3) is 0.615. The summed E-state index contributed by atoms with van der Waals surface area (Å²) in [4.78, 5) is 4.31. The second-order valence-electron chi connectivity index (χ2n) is 4.39. The Hall–Kier alpha value is -0.290. The van der Waals surface area contributed by atoms with Gasteiger partial charge in [-0.25, -0.2) is 4.98 Å². The van der Waals surface area contributed by atoms with Crippen molar-refractivity contribution in [2.45, 2.75) is 24.4 Å². The molecule has 5 heteroatoms. The maximum atomic E-state index is 6.12. The molecule has 1 aliphatic rings. The van der Waals surface area contributed by atoms with E-state index >= 15 is 0 Å². The van der Waals surface area contributed by atoms with Crippen molar-refractivity contribution < 1.29 is 4.74 Å². The molecule has 1 N–H and O–H groups in total. The molecule has 0 saturated carbocycles. The summed E-state index contributed by atoms with van der Waals surface area (Å²) in [6.45, 7) is 4.88. The van der Waals surface area contributed by atoms with Crippen molar-refractivity contribution in [1.82, 2.24) is 10.3 Å². The highest BCUT2D eigenvalue weighted by molar-refractivity contribution is 7.99. The lowest BCUT2D eigenvalue weighted by Gasteiger charge is -2.22. The van der Waals surface area contributed by atoms with Gasteiger partial charge >= 0.3 is 0 Å². The molecule has 0 aromatic carbocycles. The van der Waals surface area contributed by atoms with E-state index in [9.17, 15) is 0 Å². The molecular weight excluding hydrogens is 268 g/mol. The average molecular weight is 287 g/mol. The predicted octanol–water partition coefficient (Wildman–Crippen LogP) is 2.84. The molecule has 2 rings (SSSR count). The Balaban J connectivity index is 1.91. The van der Waals surface area contributed by atoms with Crippen molar-refractivity contribution in [2.75, 3.05) is 25.5 Å². The number of nitrogens with one attached hydrogen (secondary N) is 1. The van der Waals surface area contributed by atoms with Gasteiger partial charge < -0.3 is 10.1 Å². The maximum Gasteiger partial charge on any atom is 0.115 e. The van der Waals surface area contributed by atoms with E-state index in [0.717, 1.165) is 42.0 Å². The third-order valence-corrected chi connectivity index (χ3v) is 4.67. The predicted molar refractivity (Wildman–Crippen MR) is 76.4 cm³/mol. The first kappa shape index (κ1) is 14.1. The van der Waals surface area contributed by atoms with Crippen LogP contribution in [0.15, 0.2) is 23.4 Å². The molecular formula is C13H19ClN2OS. The van der Waals surface area contributed by atoms with E-state index < -0.39 is 0 Å². The number of thioether (sulfide) groups is 1. The summed E-state index contributed by atoms with van der Waals surface area (Å²) in [7, 11) is 0. The largest absolute Gasteiger partial charge is 0.381 e. The molecule has 2 unspecified atom stereocenters. The lowest BCUT2D eigenvalue weighted by molar-refractivity contribution is 0.179. The van der Waals surface area contributed by atoms with Crippen LogP contribution < -0.4 is 5.32 Å². The van der Waals surface area contributed by atoms with Crippen LogP contribution in [0.4, 0.5) is 0 Å². The zero-order valence-corrected chi connectivity index (χ0v) is 12.1. The monoisotopic (exact) mass is 286 g/mol. The fourth-order valence-corrected chi connectivity index (χ4v) is 3.49. The first-order valence-electron chi connectivity index (χ1n) is 6.35. The van der Waals surface area contributed by atoms with Crippen molar-refractivity contribution in [3.8, 4) is 0 Å². The number of rotatable bonds is 6. The molecule has 1 fully saturated rings. The quantitative estimate of drug-likeness (QED) is 0.816. The van der Waals surface area contributed by atoms with E-state index in [4.69, 9.17) is 16.3 Å². The summed E-state index contributed by atoms with van der Waals surface area (Å²) in [5.41, 5.74) is 0. The highest BCUT2D eigenvalue weighted by Crippen LogP contribution is 2.27. The first-order chi connectivity index (χ1) is 8.81. The number of pyridine rings is 1.